The summed E-state index contributed by atoms with van der Waals surface area (Å²) in [6.45, 7) is 1.19. The van der Waals surface area contributed by atoms with Gasteiger partial charge in [-0.1, -0.05) is 11.6 Å². The van der Waals surface area contributed by atoms with Gasteiger partial charge in [0, 0.05) is 32.6 Å². The summed E-state index contributed by atoms with van der Waals surface area (Å²) in [6, 6.07) is 2.98. The molecule has 6 nitrogen and oxygen atoms in total. The lowest BCUT2D eigenvalue weighted by Crippen LogP contribution is -2.46. The minimum Gasteiger partial charge on any atom is -0.388 e. The molecule has 1 saturated heterocycles. The van der Waals surface area contributed by atoms with Gasteiger partial charge in [-0.15, -0.1) is 10.2 Å². The number of ether oxygens (including phenoxy) is 1. The van der Waals surface area contributed by atoms with Crippen LogP contribution < -0.4 is 5.32 Å². The molecule has 2 heterocycles. The molecule has 7 heteroatoms. The molecule has 0 spiro atoms. The third-order valence-electron chi connectivity index (χ3n) is 2.87. The highest BCUT2D eigenvalue weighted by atomic mass is 35.5. The zero-order chi connectivity index (χ0) is 13.0. The second kappa shape index (κ2) is 5.60. The first-order valence-corrected chi connectivity index (χ1v) is 6.04. The molecule has 18 heavy (non-hydrogen) atoms. The van der Waals surface area contributed by atoms with Crippen molar-refractivity contribution in [2.24, 2.45) is 0 Å². The van der Waals surface area contributed by atoms with E-state index in [1.807, 2.05) is 0 Å². The van der Waals surface area contributed by atoms with E-state index in [4.69, 9.17) is 16.3 Å². The van der Waals surface area contributed by atoms with Crippen molar-refractivity contribution in [1.82, 2.24) is 15.5 Å². The van der Waals surface area contributed by atoms with Gasteiger partial charge in [-0.25, -0.2) is 0 Å². The monoisotopic (exact) mass is 271 g/mol. The van der Waals surface area contributed by atoms with E-state index in [2.05, 4.69) is 15.5 Å². The summed E-state index contributed by atoms with van der Waals surface area (Å²) in [5, 5.41) is 20.3. The topological polar surface area (TPSA) is 84.3 Å². The van der Waals surface area contributed by atoms with Gasteiger partial charge in [0.25, 0.3) is 5.91 Å². The summed E-state index contributed by atoms with van der Waals surface area (Å²) in [4.78, 5) is 11.7. The molecule has 0 aliphatic carbocycles. The zero-order valence-corrected chi connectivity index (χ0v) is 10.5. The Morgan fingerprint density at radius 2 is 2.17 bits per heavy atom. The van der Waals surface area contributed by atoms with Crippen molar-refractivity contribution in [3.63, 3.8) is 0 Å². The lowest BCUT2D eigenvalue weighted by molar-refractivity contribution is -0.0605. The molecule has 1 amide bonds. The number of carbonyl (C=O) groups excluding carboxylic acids is 1. The average Bonchev–Trinajstić information content (AvgIpc) is 2.38. The summed E-state index contributed by atoms with van der Waals surface area (Å²) in [5.74, 6) is -0.376. The summed E-state index contributed by atoms with van der Waals surface area (Å²) < 4.78 is 5.16. The van der Waals surface area contributed by atoms with Gasteiger partial charge in [0.1, 0.15) is 0 Å². The van der Waals surface area contributed by atoms with Crippen LogP contribution in [-0.2, 0) is 4.74 Å². The fourth-order valence-electron chi connectivity index (χ4n) is 1.70. The van der Waals surface area contributed by atoms with E-state index in [0.29, 0.717) is 26.1 Å². The molecular formula is C11H14ClN3O3. The van der Waals surface area contributed by atoms with E-state index < -0.39 is 5.60 Å². The molecule has 1 fully saturated rings. The molecular weight excluding hydrogens is 258 g/mol. The summed E-state index contributed by atoms with van der Waals surface area (Å²) in [7, 11) is 0. The number of aliphatic hydroxyl groups is 1. The highest BCUT2D eigenvalue weighted by molar-refractivity contribution is 6.29. The molecule has 0 saturated carbocycles. The fraction of sp³-hybridized carbons (Fsp3) is 0.545. The number of amides is 1. The van der Waals surface area contributed by atoms with Crippen molar-refractivity contribution in [3.05, 3.63) is 23.0 Å². The van der Waals surface area contributed by atoms with Crippen LogP contribution in [0.2, 0.25) is 5.15 Å². The molecule has 1 aromatic rings. The van der Waals surface area contributed by atoms with Crippen molar-refractivity contribution in [3.8, 4) is 0 Å². The first kappa shape index (κ1) is 13.2. The van der Waals surface area contributed by atoms with Gasteiger partial charge in [-0.2, -0.15) is 0 Å². The number of nitrogens with one attached hydrogen (secondary N) is 1. The molecule has 0 bridgehead atoms. The Bertz CT molecular complexity index is 418. The van der Waals surface area contributed by atoms with Crippen LogP contribution >= 0.6 is 11.6 Å². The Balaban J connectivity index is 1.89. The minimum atomic E-state index is -0.895. The van der Waals surface area contributed by atoms with Crippen LogP contribution in [0.4, 0.5) is 0 Å². The highest BCUT2D eigenvalue weighted by Crippen LogP contribution is 2.19. The molecule has 98 valence electrons. The van der Waals surface area contributed by atoms with Gasteiger partial charge in [0.05, 0.1) is 5.60 Å². The minimum absolute atomic E-state index is 0.176. The van der Waals surface area contributed by atoms with E-state index >= 15 is 0 Å². The molecule has 0 aromatic carbocycles. The maximum absolute atomic E-state index is 11.7. The van der Waals surface area contributed by atoms with Crippen LogP contribution in [0.15, 0.2) is 12.1 Å². The number of rotatable bonds is 3. The second-order valence-corrected chi connectivity index (χ2v) is 4.65. The van der Waals surface area contributed by atoms with Gasteiger partial charge in [-0.3, -0.25) is 4.79 Å². The van der Waals surface area contributed by atoms with Crippen molar-refractivity contribution >= 4 is 17.5 Å². The van der Waals surface area contributed by atoms with Crippen LogP contribution in [-0.4, -0.2) is 46.6 Å². The maximum atomic E-state index is 11.7. The predicted molar refractivity (Wildman–Crippen MR) is 64.4 cm³/mol. The quantitative estimate of drug-likeness (QED) is 0.831. The lowest BCUT2D eigenvalue weighted by Gasteiger charge is -2.31. The third kappa shape index (κ3) is 3.38. The van der Waals surface area contributed by atoms with E-state index in [9.17, 15) is 9.90 Å². The SMILES string of the molecule is O=C(NCC1(O)CCOCC1)c1ccc(Cl)nn1. The predicted octanol–water partition coefficient (Wildman–Crippen LogP) is 0.401. The summed E-state index contributed by atoms with van der Waals surface area (Å²) in [6.07, 6.45) is 1.03. The summed E-state index contributed by atoms with van der Waals surface area (Å²) in [5.41, 5.74) is -0.719. The van der Waals surface area contributed by atoms with E-state index in [0.717, 1.165) is 0 Å². The first-order chi connectivity index (χ1) is 8.59. The molecule has 0 radical (unpaired) electrons. The maximum Gasteiger partial charge on any atom is 0.271 e. The standard InChI is InChI=1S/C11H14ClN3O3/c12-9-2-1-8(14-15-9)10(16)13-7-11(17)3-5-18-6-4-11/h1-2,17H,3-7H2,(H,13,16). The molecule has 0 unspecified atom stereocenters. The average molecular weight is 272 g/mol. The highest BCUT2D eigenvalue weighted by Gasteiger charge is 2.30. The zero-order valence-electron chi connectivity index (χ0n) is 9.73. The Morgan fingerprint density at radius 3 is 2.78 bits per heavy atom. The molecule has 2 rings (SSSR count). The van der Waals surface area contributed by atoms with Crippen molar-refractivity contribution < 1.29 is 14.6 Å². The van der Waals surface area contributed by atoms with Crippen LogP contribution in [0.3, 0.4) is 0 Å². The van der Waals surface area contributed by atoms with Crippen LogP contribution in [0.5, 0.6) is 0 Å². The van der Waals surface area contributed by atoms with Crippen LogP contribution in [0.25, 0.3) is 0 Å². The number of hydrogen-bond donors (Lipinski definition) is 2. The van der Waals surface area contributed by atoms with E-state index in [-0.39, 0.29) is 23.3 Å². The number of hydrogen-bond acceptors (Lipinski definition) is 5. The molecule has 1 aromatic heterocycles. The number of nitrogens with zero attached hydrogens (tertiary/aromatic N) is 2. The molecule has 1 aliphatic rings. The summed E-state index contributed by atoms with van der Waals surface area (Å²) >= 11 is 5.58. The van der Waals surface area contributed by atoms with Gasteiger partial charge in [0.2, 0.25) is 0 Å². The lowest BCUT2D eigenvalue weighted by atomic mass is 9.94. The fourth-order valence-corrected chi connectivity index (χ4v) is 1.80. The van der Waals surface area contributed by atoms with Gasteiger partial charge in [-0.05, 0) is 12.1 Å². The van der Waals surface area contributed by atoms with Crippen molar-refractivity contribution in [2.45, 2.75) is 18.4 Å². The molecule has 0 atom stereocenters. The second-order valence-electron chi connectivity index (χ2n) is 4.26. The largest absolute Gasteiger partial charge is 0.388 e. The number of aromatic nitrogens is 2. The van der Waals surface area contributed by atoms with Crippen LogP contribution in [0.1, 0.15) is 23.3 Å². The molecule has 2 N–H and O–H groups in total. The molecule has 1 aliphatic heterocycles. The first-order valence-electron chi connectivity index (χ1n) is 5.67. The normalized spacial score (nSPS) is 18.3. The number of halogens is 1. The van der Waals surface area contributed by atoms with Gasteiger partial charge in [0.15, 0.2) is 10.8 Å². The van der Waals surface area contributed by atoms with Gasteiger partial charge >= 0.3 is 0 Å². The smallest absolute Gasteiger partial charge is 0.271 e. The Hall–Kier alpha value is -1.24. The van der Waals surface area contributed by atoms with E-state index in [1.54, 1.807) is 0 Å². The Kier molecular flexibility index (Phi) is 4.11. The van der Waals surface area contributed by atoms with Crippen LogP contribution in [0, 0.1) is 0 Å². The van der Waals surface area contributed by atoms with Crippen molar-refractivity contribution in [1.29, 1.82) is 0 Å². The van der Waals surface area contributed by atoms with Gasteiger partial charge < -0.3 is 15.2 Å². The Morgan fingerprint density at radius 1 is 1.44 bits per heavy atom. The van der Waals surface area contributed by atoms with Crippen molar-refractivity contribution in [2.75, 3.05) is 19.8 Å². The third-order valence-corrected chi connectivity index (χ3v) is 3.07. The number of carbonyl (C=O) groups is 1. The van der Waals surface area contributed by atoms with E-state index in [1.165, 1.54) is 12.1 Å². The Labute approximate surface area is 109 Å².